The van der Waals surface area contributed by atoms with E-state index in [-0.39, 0.29) is 6.09 Å². The predicted octanol–water partition coefficient (Wildman–Crippen LogP) is 8.41. The predicted molar refractivity (Wildman–Crippen MR) is 175 cm³/mol. The number of nitrogens with one attached hydrogen (secondary N) is 1. The van der Waals surface area contributed by atoms with E-state index in [0.717, 1.165) is 53.1 Å². The van der Waals surface area contributed by atoms with Gasteiger partial charge in [0.15, 0.2) is 32.4 Å². The monoisotopic (exact) mass is 745 g/mol. The summed E-state index contributed by atoms with van der Waals surface area (Å²) in [5.74, 6) is 0. The lowest BCUT2D eigenvalue weighted by Crippen LogP contribution is -2.41. The molecule has 0 unspecified atom stereocenters. The molecule has 0 saturated heterocycles. The van der Waals surface area contributed by atoms with Crippen molar-refractivity contribution in [1.82, 2.24) is 5.32 Å². The lowest BCUT2D eigenvalue weighted by Gasteiger charge is -2.27. The van der Waals surface area contributed by atoms with Crippen LogP contribution in [0.5, 0.6) is 0 Å². The van der Waals surface area contributed by atoms with Crippen LogP contribution in [0.3, 0.4) is 0 Å². The molecular formula is C32H45F6N3O6S2. The third-order valence-electron chi connectivity index (χ3n) is 7.10. The maximum Gasteiger partial charge on any atom is 0.480 e. The molecule has 0 atom stereocenters. The van der Waals surface area contributed by atoms with Crippen molar-refractivity contribution in [1.29, 1.82) is 0 Å². The third kappa shape index (κ3) is 15.9. The van der Waals surface area contributed by atoms with Crippen LogP contribution in [0.4, 0.5) is 31.1 Å². The van der Waals surface area contributed by atoms with Crippen molar-refractivity contribution in [2.45, 2.75) is 109 Å². The van der Waals surface area contributed by atoms with Gasteiger partial charge in [-0.25, -0.2) is 26.2 Å². The molecule has 1 aromatic carbocycles. The molecule has 0 aliphatic heterocycles. The highest BCUT2D eigenvalue weighted by Gasteiger charge is 2.47. The van der Waals surface area contributed by atoms with Gasteiger partial charge in [-0.2, -0.15) is 26.3 Å². The number of carbonyl (C=O) groups excluding carboxylic acids is 1. The van der Waals surface area contributed by atoms with E-state index in [9.17, 15) is 48.0 Å². The number of halogens is 6. The molecule has 1 amide bonds. The maximum absolute atomic E-state index is 12.3. The first-order valence-corrected chi connectivity index (χ1v) is 18.5. The van der Waals surface area contributed by atoms with Crippen molar-refractivity contribution >= 4 is 31.7 Å². The van der Waals surface area contributed by atoms with Gasteiger partial charge in [0.2, 0.25) is 0 Å². The topological polar surface area (TPSA) is 125 Å². The molecule has 0 radical (unpaired) electrons. The summed E-state index contributed by atoms with van der Waals surface area (Å²) in [7, 11) is -13.4. The van der Waals surface area contributed by atoms with E-state index in [0.29, 0.717) is 6.61 Å². The Balaban J connectivity index is 0.000000673. The molecule has 0 aliphatic rings. The summed E-state index contributed by atoms with van der Waals surface area (Å²) in [6, 6.07) is 12.6. The Morgan fingerprint density at radius 1 is 0.857 bits per heavy atom. The molecule has 2 aromatic rings. The molecule has 0 spiro atoms. The van der Waals surface area contributed by atoms with Crippen molar-refractivity contribution in [2.75, 3.05) is 6.61 Å². The summed E-state index contributed by atoms with van der Waals surface area (Å²) in [4.78, 5) is 12.3. The van der Waals surface area contributed by atoms with E-state index >= 15 is 0 Å². The first-order chi connectivity index (χ1) is 22.5. The van der Waals surface area contributed by atoms with Gasteiger partial charge in [0, 0.05) is 18.6 Å². The minimum absolute atomic E-state index is 0.365. The molecule has 278 valence electrons. The Morgan fingerprint density at radius 3 is 1.94 bits per heavy atom. The lowest BCUT2D eigenvalue weighted by molar-refractivity contribution is -0.697. The smallest absolute Gasteiger partial charge is 0.450 e. The Kier molecular flexibility index (Phi) is 17.2. The van der Waals surface area contributed by atoms with Crippen molar-refractivity contribution < 1.29 is 57.3 Å². The Bertz CT molecular complexity index is 1520. The number of allylic oxidation sites excluding steroid dienone is 1. The maximum atomic E-state index is 12.3. The molecule has 1 N–H and O–H groups in total. The van der Waals surface area contributed by atoms with Gasteiger partial charge in [-0.15, -0.1) is 0 Å². The molecule has 17 heteroatoms. The van der Waals surface area contributed by atoms with Crippen LogP contribution >= 0.6 is 0 Å². The van der Waals surface area contributed by atoms with E-state index in [2.05, 4.69) is 54.0 Å². The number of alkyl halides is 6. The van der Waals surface area contributed by atoms with Gasteiger partial charge in [0.25, 0.3) is 0 Å². The van der Waals surface area contributed by atoms with Crippen LogP contribution in [0, 0.1) is 0 Å². The Morgan fingerprint density at radius 2 is 1.41 bits per heavy atom. The SMILES string of the molecule is C=C(C)c1cccc(C(C)(C)NC(=O)OCCCCCC[n+]2ccc(CCCCCC)cc2)c1.O=S(=O)([N-]S(=O)(=O)C(F)(F)F)C(F)(F)F. The number of hydrogen-bond donors (Lipinski definition) is 1. The average molecular weight is 746 g/mol. The fraction of sp³-hybridized carbons (Fsp3) is 0.562. The molecule has 9 nitrogen and oxygen atoms in total. The molecule has 49 heavy (non-hydrogen) atoms. The highest BCUT2D eigenvalue weighted by molar-refractivity contribution is 8.13. The van der Waals surface area contributed by atoms with Gasteiger partial charge in [-0.3, -0.25) is 0 Å². The van der Waals surface area contributed by atoms with Crippen molar-refractivity contribution in [2.24, 2.45) is 0 Å². The summed E-state index contributed by atoms with van der Waals surface area (Å²) < 4.78 is 117. The highest BCUT2D eigenvalue weighted by atomic mass is 32.3. The van der Waals surface area contributed by atoms with Gasteiger partial charge in [0.05, 0.1) is 12.1 Å². The minimum atomic E-state index is -6.72. The zero-order valence-corrected chi connectivity index (χ0v) is 29.7. The molecule has 0 aliphatic carbocycles. The quantitative estimate of drug-likeness (QED) is 0.0986. The van der Waals surface area contributed by atoms with Gasteiger partial charge in [0.1, 0.15) is 6.54 Å². The second-order valence-electron chi connectivity index (χ2n) is 11.8. The molecule has 1 heterocycles. The fourth-order valence-electron chi connectivity index (χ4n) is 4.23. The molecule has 2 rings (SSSR count). The van der Waals surface area contributed by atoms with Crippen molar-refractivity contribution in [3.63, 3.8) is 0 Å². The van der Waals surface area contributed by atoms with Crippen LogP contribution in [-0.2, 0) is 43.3 Å². The lowest BCUT2D eigenvalue weighted by atomic mass is 9.92. The largest absolute Gasteiger partial charge is 0.480 e. The summed E-state index contributed by atoms with van der Waals surface area (Å²) >= 11 is 0. The zero-order valence-electron chi connectivity index (χ0n) is 28.0. The Hall–Kier alpha value is -3.18. The average Bonchev–Trinajstić information content (AvgIpc) is 2.98. The van der Waals surface area contributed by atoms with E-state index in [1.54, 1.807) is 0 Å². The van der Waals surface area contributed by atoms with E-state index in [4.69, 9.17) is 4.74 Å². The van der Waals surface area contributed by atoms with Gasteiger partial charge < -0.3 is 14.2 Å². The molecular weight excluding hydrogens is 700 g/mol. The van der Waals surface area contributed by atoms with E-state index in [1.807, 2.05) is 39.0 Å². The number of nitrogens with zero attached hydrogens (tertiary/aromatic N) is 2. The number of unbranched alkanes of at least 4 members (excludes halogenated alkanes) is 6. The number of hydrogen-bond acceptors (Lipinski definition) is 6. The normalized spacial score (nSPS) is 12.5. The number of benzene rings is 1. The van der Waals surface area contributed by atoms with Crippen LogP contribution in [-0.4, -0.2) is 40.6 Å². The number of sulfonamides is 2. The summed E-state index contributed by atoms with van der Waals surface area (Å²) in [6.45, 7) is 13.7. The standard InChI is InChI=1S/C30H44N2O2.C2F6NO4S2/c1-6-7-8-11-15-26-18-21-32(22-19-26)20-12-9-10-13-23-34-29(33)31-30(4,5)28-17-14-16-27(24-28)25(2)3;3-1(4,5)14(10,11)9-15(12,13)2(6,7)8/h14,16-19,21-22,24H,2,6-13,15,20,23H2,1,3-5H3;/q;-1/p+1. The zero-order chi connectivity index (χ0) is 37.5. The summed E-state index contributed by atoms with van der Waals surface area (Å²) in [5, 5.41) is 2.99. The van der Waals surface area contributed by atoms with Crippen LogP contribution < -0.4 is 9.88 Å². The molecule has 0 bridgehead atoms. The fourth-order valence-corrected chi connectivity index (χ4v) is 5.93. The second kappa shape index (κ2) is 19.3. The first-order valence-electron chi connectivity index (χ1n) is 15.6. The number of carbonyl (C=O) groups is 1. The number of pyridine rings is 1. The van der Waals surface area contributed by atoms with Crippen LogP contribution in [0.2, 0.25) is 0 Å². The number of aryl methyl sites for hydroxylation is 2. The van der Waals surface area contributed by atoms with Crippen LogP contribution in [0.15, 0.2) is 55.4 Å². The Labute approximate surface area is 285 Å². The number of rotatable bonds is 17. The number of aromatic nitrogens is 1. The van der Waals surface area contributed by atoms with Gasteiger partial charge >= 0.3 is 17.1 Å². The minimum Gasteiger partial charge on any atom is -0.450 e. The second-order valence-corrected chi connectivity index (χ2v) is 15.3. The van der Waals surface area contributed by atoms with Crippen molar-refractivity contribution in [3.05, 3.63) is 76.2 Å². The highest BCUT2D eigenvalue weighted by Crippen LogP contribution is 2.36. The van der Waals surface area contributed by atoms with E-state index < -0.39 is 36.6 Å². The first kappa shape index (κ1) is 43.8. The summed E-state index contributed by atoms with van der Waals surface area (Å²) in [5.41, 5.74) is -8.35. The number of alkyl carbamates (subject to hydrolysis) is 1. The van der Waals surface area contributed by atoms with Crippen LogP contribution in [0.1, 0.15) is 95.8 Å². The van der Waals surface area contributed by atoms with Crippen LogP contribution in [0.25, 0.3) is 9.70 Å². The number of ether oxygens (including phenoxy) is 1. The number of amides is 1. The summed E-state index contributed by atoms with van der Waals surface area (Å²) in [6.07, 6.45) is 14.7. The molecule has 1 aromatic heterocycles. The van der Waals surface area contributed by atoms with Crippen molar-refractivity contribution in [3.8, 4) is 0 Å². The third-order valence-corrected chi connectivity index (χ3v) is 9.84. The van der Waals surface area contributed by atoms with E-state index in [1.165, 1.54) is 37.7 Å². The molecule has 0 saturated carbocycles. The molecule has 0 fully saturated rings. The van der Waals surface area contributed by atoms with Gasteiger partial charge in [-0.1, -0.05) is 56.5 Å². The van der Waals surface area contributed by atoms with Gasteiger partial charge in [-0.05, 0) is 75.6 Å².